The van der Waals surface area contributed by atoms with Gasteiger partial charge in [-0.25, -0.2) is 14.2 Å². The molecule has 5 heteroatoms. The molecule has 20 heavy (non-hydrogen) atoms. The zero-order chi connectivity index (χ0) is 15.1. The summed E-state index contributed by atoms with van der Waals surface area (Å²) in [5, 5.41) is 9.41. The van der Waals surface area contributed by atoms with Crippen molar-refractivity contribution in [2.45, 2.75) is 26.2 Å². The number of imidazole rings is 1. The van der Waals surface area contributed by atoms with Crippen LogP contribution in [0, 0.1) is 5.82 Å². The van der Waals surface area contributed by atoms with Crippen molar-refractivity contribution in [3.8, 4) is 11.3 Å². The molecule has 0 amide bonds. The summed E-state index contributed by atoms with van der Waals surface area (Å²) in [6.07, 6.45) is 0. The lowest BCUT2D eigenvalue weighted by atomic mass is 9.96. The first kappa shape index (κ1) is 14.2. The number of hydrogen-bond acceptors (Lipinski definition) is 2. The van der Waals surface area contributed by atoms with E-state index < -0.39 is 5.97 Å². The van der Waals surface area contributed by atoms with Crippen LogP contribution in [0.15, 0.2) is 24.3 Å². The molecule has 0 atom stereocenters. The summed E-state index contributed by atoms with van der Waals surface area (Å²) >= 11 is 0. The van der Waals surface area contributed by atoms with Gasteiger partial charge in [-0.3, -0.25) is 0 Å². The molecule has 0 saturated heterocycles. The summed E-state index contributed by atoms with van der Waals surface area (Å²) in [5.74, 6) is -0.735. The molecule has 0 bridgehead atoms. The topological polar surface area (TPSA) is 55.1 Å². The van der Waals surface area contributed by atoms with Crippen molar-refractivity contribution >= 4 is 5.97 Å². The number of carboxylic acid groups (broad SMARTS) is 1. The highest BCUT2D eigenvalue weighted by Gasteiger charge is 2.27. The van der Waals surface area contributed by atoms with E-state index in [2.05, 4.69) is 4.98 Å². The zero-order valence-corrected chi connectivity index (χ0v) is 11.9. The first-order valence-corrected chi connectivity index (χ1v) is 6.28. The quantitative estimate of drug-likeness (QED) is 0.916. The molecule has 0 radical (unpaired) electrons. The van der Waals surface area contributed by atoms with Gasteiger partial charge in [-0.05, 0) is 24.3 Å². The number of carboxylic acids is 1. The maximum absolute atomic E-state index is 13.0. The van der Waals surface area contributed by atoms with Crippen molar-refractivity contribution in [1.29, 1.82) is 0 Å². The number of halogens is 1. The van der Waals surface area contributed by atoms with Crippen LogP contribution in [0.1, 0.15) is 37.1 Å². The monoisotopic (exact) mass is 276 g/mol. The highest BCUT2D eigenvalue weighted by Crippen LogP contribution is 2.29. The number of carbonyl (C=O) groups is 1. The number of nitrogens with zero attached hydrogens (tertiary/aromatic N) is 2. The van der Waals surface area contributed by atoms with Crippen LogP contribution < -0.4 is 0 Å². The largest absolute Gasteiger partial charge is 0.477 e. The fraction of sp³-hybridized carbons (Fsp3) is 0.333. The molecule has 2 aromatic rings. The summed E-state index contributed by atoms with van der Waals surface area (Å²) in [7, 11) is 1.68. The summed E-state index contributed by atoms with van der Waals surface area (Å²) < 4.78 is 14.6. The summed E-state index contributed by atoms with van der Waals surface area (Å²) in [6, 6.07) is 5.67. The van der Waals surface area contributed by atoms with Gasteiger partial charge < -0.3 is 9.67 Å². The Balaban J connectivity index is 2.69. The van der Waals surface area contributed by atoms with Gasteiger partial charge in [0.05, 0.1) is 0 Å². The summed E-state index contributed by atoms with van der Waals surface area (Å²) in [6.45, 7) is 5.90. The minimum atomic E-state index is -1.05. The smallest absolute Gasteiger partial charge is 0.354 e. The summed E-state index contributed by atoms with van der Waals surface area (Å²) in [4.78, 5) is 16.0. The predicted molar refractivity (Wildman–Crippen MR) is 74.3 cm³/mol. The van der Waals surface area contributed by atoms with E-state index in [1.807, 2.05) is 20.8 Å². The number of aromatic carboxylic acids is 1. The third-order valence-corrected chi connectivity index (χ3v) is 3.09. The second-order valence-electron chi connectivity index (χ2n) is 5.75. The zero-order valence-electron chi connectivity index (χ0n) is 11.9. The normalized spacial score (nSPS) is 11.7. The van der Waals surface area contributed by atoms with E-state index in [-0.39, 0.29) is 16.9 Å². The van der Waals surface area contributed by atoms with E-state index in [1.165, 1.54) is 24.3 Å². The Kier molecular flexibility index (Phi) is 3.38. The Bertz CT molecular complexity index is 652. The fourth-order valence-electron chi connectivity index (χ4n) is 2.22. The Hall–Kier alpha value is -2.17. The predicted octanol–water partition coefficient (Wildman–Crippen LogP) is 3.22. The lowest BCUT2D eigenvalue weighted by Gasteiger charge is -2.17. The Morgan fingerprint density at radius 3 is 2.25 bits per heavy atom. The SMILES string of the molecule is Cn1c(C(C)(C)C)nc(-c2ccc(F)cc2)c1C(=O)O. The van der Waals surface area contributed by atoms with E-state index in [9.17, 15) is 14.3 Å². The van der Waals surface area contributed by atoms with Gasteiger partial charge in [0, 0.05) is 18.0 Å². The highest BCUT2D eigenvalue weighted by atomic mass is 19.1. The van der Waals surface area contributed by atoms with Crippen LogP contribution in [0.2, 0.25) is 0 Å². The molecule has 1 aromatic heterocycles. The second-order valence-corrected chi connectivity index (χ2v) is 5.75. The lowest BCUT2D eigenvalue weighted by molar-refractivity contribution is 0.0687. The Labute approximate surface area is 116 Å². The Morgan fingerprint density at radius 2 is 1.80 bits per heavy atom. The van der Waals surface area contributed by atoms with E-state index in [4.69, 9.17) is 0 Å². The van der Waals surface area contributed by atoms with E-state index >= 15 is 0 Å². The van der Waals surface area contributed by atoms with Gasteiger partial charge in [0.2, 0.25) is 0 Å². The third kappa shape index (κ3) is 2.43. The minimum absolute atomic E-state index is 0.113. The van der Waals surface area contributed by atoms with Crippen LogP contribution >= 0.6 is 0 Å². The standard InChI is InChI=1S/C15H17FN2O2/c1-15(2,3)14-17-11(12(13(19)20)18(14)4)9-5-7-10(16)8-6-9/h5-8H,1-4H3,(H,19,20). The molecule has 0 fully saturated rings. The van der Waals surface area contributed by atoms with Crippen LogP contribution in [0.5, 0.6) is 0 Å². The fourth-order valence-corrected chi connectivity index (χ4v) is 2.22. The molecule has 0 aliphatic heterocycles. The van der Waals surface area contributed by atoms with E-state index in [1.54, 1.807) is 11.6 Å². The van der Waals surface area contributed by atoms with Crippen LogP contribution in [-0.4, -0.2) is 20.6 Å². The number of hydrogen-bond donors (Lipinski definition) is 1. The third-order valence-electron chi connectivity index (χ3n) is 3.09. The van der Waals surface area contributed by atoms with Gasteiger partial charge in [0.1, 0.15) is 17.3 Å². The molecule has 1 N–H and O–H groups in total. The molecule has 1 aromatic carbocycles. The minimum Gasteiger partial charge on any atom is -0.477 e. The molecular formula is C15H17FN2O2. The number of aromatic nitrogens is 2. The van der Waals surface area contributed by atoms with Gasteiger partial charge in [-0.2, -0.15) is 0 Å². The van der Waals surface area contributed by atoms with E-state index in [0.29, 0.717) is 17.1 Å². The molecule has 4 nitrogen and oxygen atoms in total. The Morgan fingerprint density at radius 1 is 1.25 bits per heavy atom. The van der Waals surface area contributed by atoms with Gasteiger partial charge in [-0.1, -0.05) is 20.8 Å². The first-order chi connectivity index (χ1) is 9.21. The molecule has 0 aliphatic carbocycles. The number of benzene rings is 1. The average Bonchev–Trinajstić information content (AvgIpc) is 2.67. The molecule has 106 valence electrons. The maximum atomic E-state index is 13.0. The number of rotatable bonds is 2. The van der Waals surface area contributed by atoms with Crippen molar-refractivity contribution in [2.24, 2.45) is 7.05 Å². The van der Waals surface area contributed by atoms with Crippen molar-refractivity contribution in [1.82, 2.24) is 9.55 Å². The molecule has 2 rings (SSSR count). The van der Waals surface area contributed by atoms with Crippen molar-refractivity contribution in [2.75, 3.05) is 0 Å². The van der Waals surface area contributed by atoms with Gasteiger partial charge in [-0.15, -0.1) is 0 Å². The average molecular weight is 276 g/mol. The molecule has 0 aliphatic rings. The molecule has 0 saturated carbocycles. The van der Waals surface area contributed by atoms with Crippen molar-refractivity contribution in [3.63, 3.8) is 0 Å². The molecule has 0 unspecified atom stereocenters. The second kappa shape index (κ2) is 4.74. The summed E-state index contributed by atoms with van der Waals surface area (Å²) in [5.41, 5.74) is 0.790. The molecule has 1 heterocycles. The van der Waals surface area contributed by atoms with Crippen LogP contribution in [0.3, 0.4) is 0 Å². The lowest BCUT2D eigenvalue weighted by Crippen LogP contribution is -2.19. The maximum Gasteiger partial charge on any atom is 0.354 e. The highest BCUT2D eigenvalue weighted by molar-refractivity contribution is 5.93. The molecule has 0 spiro atoms. The van der Waals surface area contributed by atoms with E-state index in [0.717, 1.165) is 0 Å². The van der Waals surface area contributed by atoms with Gasteiger partial charge >= 0.3 is 5.97 Å². The van der Waals surface area contributed by atoms with Crippen LogP contribution in [0.4, 0.5) is 4.39 Å². The first-order valence-electron chi connectivity index (χ1n) is 6.28. The van der Waals surface area contributed by atoms with Crippen LogP contribution in [-0.2, 0) is 12.5 Å². The van der Waals surface area contributed by atoms with Gasteiger partial charge in [0.25, 0.3) is 0 Å². The van der Waals surface area contributed by atoms with Crippen LogP contribution in [0.25, 0.3) is 11.3 Å². The van der Waals surface area contributed by atoms with Gasteiger partial charge in [0.15, 0.2) is 5.69 Å². The molecular weight excluding hydrogens is 259 g/mol. The van der Waals surface area contributed by atoms with Crippen molar-refractivity contribution in [3.05, 3.63) is 41.6 Å². The van der Waals surface area contributed by atoms with Crippen molar-refractivity contribution < 1.29 is 14.3 Å².